The molecule has 0 saturated carbocycles. The Balaban J connectivity index is 1.84. The molecule has 0 fully saturated rings. The number of oxazole rings is 1. The molecule has 0 saturated heterocycles. The lowest BCUT2D eigenvalue weighted by Gasteiger charge is -2.02. The summed E-state index contributed by atoms with van der Waals surface area (Å²) in [6.07, 6.45) is 1.44. The molecule has 19 heavy (non-hydrogen) atoms. The summed E-state index contributed by atoms with van der Waals surface area (Å²) in [4.78, 5) is 8.59. The number of aryl methyl sites for hydroxylation is 2. The van der Waals surface area contributed by atoms with Crippen LogP contribution in [-0.2, 0) is 0 Å². The van der Waals surface area contributed by atoms with E-state index in [1.165, 1.54) is 12.0 Å². The van der Waals surface area contributed by atoms with Gasteiger partial charge in [-0.25, -0.2) is 9.97 Å². The van der Waals surface area contributed by atoms with Gasteiger partial charge < -0.3 is 9.73 Å². The van der Waals surface area contributed by atoms with Gasteiger partial charge in [-0.05, 0) is 31.5 Å². The summed E-state index contributed by atoms with van der Waals surface area (Å²) >= 11 is 1.55. The highest BCUT2D eigenvalue weighted by molar-refractivity contribution is 7.14. The number of rotatable bonds is 3. The molecular formula is C14H13N3OS. The molecular weight excluding hydrogens is 258 g/mol. The maximum Gasteiger partial charge on any atom is 0.187 e. The first kappa shape index (κ1) is 11.9. The lowest BCUT2D eigenvalue weighted by atomic mass is 10.2. The lowest BCUT2D eigenvalue weighted by Crippen LogP contribution is -1.90. The molecule has 2 heterocycles. The van der Waals surface area contributed by atoms with E-state index in [0.29, 0.717) is 0 Å². The minimum absolute atomic E-state index is 0.730. The van der Waals surface area contributed by atoms with E-state index < -0.39 is 0 Å². The fourth-order valence-corrected chi connectivity index (χ4v) is 2.54. The smallest absolute Gasteiger partial charge is 0.187 e. The monoisotopic (exact) mass is 271 g/mol. The first-order valence-corrected chi connectivity index (χ1v) is 6.80. The molecule has 4 nitrogen and oxygen atoms in total. The molecule has 96 valence electrons. The number of benzene rings is 1. The van der Waals surface area contributed by atoms with Crippen molar-refractivity contribution in [3.05, 3.63) is 47.3 Å². The normalized spacial score (nSPS) is 10.6. The predicted octanol–water partition coefficient (Wildman–Crippen LogP) is 4.16. The highest BCUT2D eigenvalue weighted by Crippen LogP contribution is 2.28. The van der Waals surface area contributed by atoms with Gasteiger partial charge in [0.1, 0.15) is 5.69 Å². The van der Waals surface area contributed by atoms with Gasteiger partial charge in [0.05, 0.1) is 5.69 Å². The van der Waals surface area contributed by atoms with Crippen LogP contribution in [0, 0.1) is 13.8 Å². The van der Waals surface area contributed by atoms with Crippen molar-refractivity contribution in [3.63, 3.8) is 0 Å². The summed E-state index contributed by atoms with van der Waals surface area (Å²) in [5, 5.41) is 6.10. The third-order valence-corrected chi connectivity index (χ3v) is 3.51. The van der Waals surface area contributed by atoms with Gasteiger partial charge in [-0.2, -0.15) is 0 Å². The number of nitrogens with one attached hydrogen (secondary N) is 1. The van der Waals surface area contributed by atoms with Gasteiger partial charge in [0, 0.05) is 11.1 Å². The number of thiazole rings is 1. The van der Waals surface area contributed by atoms with Crippen LogP contribution in [0.25, 0.3) is 11.5 Å². The maximum absolute atomic E-state index is 5.34. The van der Waals surface area contributed by atoms with Crippen molar-refractivity contribution >= 4 is 22.2 Å². The second-order valence-electron chi connectivity index (χ2n) is 4.30. The fourth-order valence-electron chi connectivity index (χ4n) is 1.83. The van der Waals surface area contributed by atoms with E-state index in [0.717, 1.165) is 28.0 Å². The van der Waals surface area contributed by atoms with E-state index in [1.54, 1.807) is 11.3 Å². The largest absolute Gasteiger partial charge is 0.442 e. The zero-order valence-corrected chi connectivity index (χ0v) is 11.5. The van der Waals surface area contributed by atoms with Gasteiger partial charge in [-0.3, -0.25) is 0 Å². The summed E-state index contributed by atoms with van der Waals surface area (Å²) in [5.74, 6) is 0.730. The maximum atomic E-state index is 5.34. The molecule has 0 spiro atoms. The summed E-state index contributed by atoms with van der Waals surface area (Å²) in [7, 11) is 0. The van der Waals surface area contributed by atoms with Crippen LogP contribution in [0.15, 0.2) is 40.5 Å². The van der Waals surface area contributed by atoms with Crippen LogP contribution >= 0.6 is 11.3 Å². The third-order valence-electron chi connectivity index (χ3n) is 2.75. The molecule has 0 aliphatic heterocycles. The third kappa shape index (κ3) is 2.51. The van der Waals surface area contributed by atoms with E-state index in [-0.39, 0.29) is 0 Å². The first-order chi connectivity index (χ1) is 9.22. The zero-order chi connectivity index (χ0) is 13.2. The van der Waals surface area contributed by atoms with Crippen LogP contribution in [-0.4, -0.2) is 9.97 Å². The van der Waals surface area contributed by atoms with Gasteiger partial charge in [0.2, 0.25) is 0 Å². The highest BCUT2D eigenvalue weighted by Gasteiger charge is 2.11. The van der Waals surface area contributed by atoms with E-state index in [9.17, 15) is 0 Å². The average Bonchev–Trinajstić information content (AvgIpc) is 2.98. The predicted molar refractivity (Wildman–Crippen MR) is 76.8 cm³/mol. The van der Waals surface area contributed by atoms with Gasteiger partial charge in [-0.1, -0.05) is 12.1 Å². The van der Waals surface area contributed by atoms with Gasteiger partial charge in [-0.15, -0.1) is 11.3 Å². The van der Waals surface area contributed by atoms with Crippen molar-refractivity contribution in [1.82, 2.24) is 9.97 Å². The number of aromatic nitrogens is 2. The van der Waals surface area contributed by atoms with Gasteiger partial charge in [0.15, 0.2) is 17.3 Å². The molecule has 1 aromatic carbocycles. The van der Waals surface area contributed by atoms with Crippen LogP contribution in [0.5, 0.6) is 0 Å². The second kappa shape index (κ2) is 4.85. The molecule has 0 atom stereocenters. The zero-order valence-electron chi connectivity index (χ0n) is 10.7. The lowest BCUT2D eigenvalue weighted by molar-refractivity contribution is 0.569. The second-order valence-corrected chi connectivity index (χ2v) is 5.16. The van der Waals surface area contributed by atoms with Crippen molar-refractivity contribution < 1.29 is 4.42 Å². The van der Waals surface area contributed by atoms with Crippen LogP contribution in [0.1, 0.15) is 11.3 Å². The quantitative estimate of drug-likeness (QED) is 0.777. The van der Waals surface area contributed by atoms with Gasteiger partial charge in [0.25, 0.3) is 0 Å². The molecule has 0 radical (unpaired) electrons. The highest BCUT2D eigenvalue weighted by atomic mass is 32.1. The minimum Gasteiger partial charge on any atom is -0.442 e. The van der Waals surface area contributed by atoms with Crippen molar-refractivity contribution in [2.75, 3.05) is 5.32 Å². The number of nitrogens with zero attached hydrogens (tertiary/aromatic N) is 2. The Bertz CT molecular complexity index is 702. The Morgan fingerprint density at radius 1 is 1.26 bits per heavy atom. The topological polar surface area (TPSA) is 51.0 Å². The number of anilines is 2. The van der Waals surface area contributed by atoms with Crippen molar-refractivity contribution in [3.8, 4) is 11.5 Å². The minimum atomic E-state index is 0.730. The Labute approximate surface area is 115 Å². The summed E-state index contributed by atoms with van der Waals surface area (Å²) in [6, 6.07) is 8.19. The van der Waals surface area contributed by atoms with E-state index in [2.05, 4.69) is 34.3 Å². The van der Waals surface area contributed by atoms with Crippen LogP contribution < -0.4 is 5.32 Å². The average molecular weight is 271 g/mol. The van der Waals surface area contributed by atoms with Crippen LogP contribution in [0.2, 0.25) is 0 Å². The Kier molecular flexibility index (Phi) is 3.05. The van der Waals surface area contributed by atoms with E-state index >= 15 is 0 Å². The summed E-state index contributed by atoms with van der Waals surface area (Å²) in [5.41, 5.74) is 3.92. The Morgan fingerprint density at radius 2 is 2.16 bits per heavy atom. The van der Waals surface area contributed by atoms with Crippen LogP contribution in [0.3, 0.4) is 0 Å². The van der Waals surface area contributed by atoms with Crippen molar-refractivity contribution in [1.29, 1.82) is 0 Å². The standard InChI is InChI=1S/C14H13N3OS/c1-9-4-3-5-11(6-9)16-14-17-12(7-19-14)13-10(2)15-8-18-13/h3-8H,1-2H3,(H,16,17). The number of hydrogen-bond donors (Lipinski definition) is 1. The molecule has 1 N–H and O–H groups in total. The summed E-state index contributed by atoms with van der Waals surface area (Å²) in [6.45, 7) is 3.97. The Hall–Kier alpha value is -2.14. The molecule has 3 aromatic rings. The van der Waals surface area contributed by atoms with Crippen molar-refractivity contribution in [2.45, 2.75) is 13.8 Å². The molecule has 0 aliphatic carbocycles. The molecule has 0 unspecified atom stereocenters. The molecule has 5 heteroatoms. The first-order valence-electron chi connectivity index (χ1n) is 5.92. The van der Waals surface area contributed by atoms with Crippen molar-refractivity contribution in [2.24, 2.45) is 0 Å². The summed E-state index contributed by atoms with van der Waals surface area (Å²) < 4.78 is 5.34. The van der Waals surface area contributed by atoms with Gasteiger partial charge >= 0.3 is 0 Å². The molecule has 0 bridgehead atoms. The van der Waals surface area contributed by atoms with Crippen LogP contribution in [0.4, 0.5) is 10.8 Å². The SMILES string of the molecule is Cc1cccc(Nc2nc(-c3ocnc3C)cs2)c1. The van der Waals surface area contributed by atoms with E-state index in [1.807, 2.05) is 24.4 Å². The molecule has 0 aliphatic rings. The Morgan fingerprint density at radius 3 is 2.89 bits per heavy atom. The molecule has 2 aromatic heterocycles. The van der Waals surface area contributed by atoms with E-state index in [4.69, 9.17) is 4.42 Å². The molecule has 0 amide bonds. The molecule has 3 rings (SSSR count). The number of hydrogen-bond acceptors (Lipinski definition) is 5. The fraction of sp³-hybridized carbons (Fsp3) is 0.143.